The van der Waals surface area contributed by atoms with Crippen molar-refractivity contribution in [2.75, 3.05) is 27.0 Å². The summed E-state index contributed by atoms with van der Waals surface area (Å²) >= 11 is 0. The van der Waals surface area contributed by atoms with E-state index in [4.69, 9.17) is 13.8 Å². The van der Waals surface area contributed by atoms with Crippen molar-refractivity contribution in [3.05, 3.63) is 71.8 Å². The van der Waals surface area contributed by atoms with Crippen LogP contribution in [0.1, 0.15) is 22.8 Å². The zero-order valence-corrected chi connectivity index (χ0v) is 15.6. The number of ether oxygens (including phenoxy) is 1. The van der Waals surface area contributed by atoms with Crippen molar-refractivity contribution in [3.63, 3.8) is 0 Å². The van der Waals surface area contributed by atoms with E-state index in [1.807, 2.05) is 48.5 Å². The van der Waals surface area contributed by atoms with E-state index >= 15 is 0 Å². The Labute approximate surface area is 148 Å². The van der Waals surface area contributed by atoms with Crippen LogP contribution in [-0.2, 0) is 24.0 Å². The van der Waals surface area contributed by atoms with Crippen LogP contribution in [0, 0.1) is 0 Å². The fourth-order valence-electron chi connectivity index (χ4n) is 2.52. The lowest BCUT2D eigenvalue weighted by Gasteiger charge is -2.29. The smallest absolute Gasteiger partial charge is 0.332 e. The molecule has 0 aliphatic rings. The van der Waals surface area contributed by atoms with Crippen molar-refractivity contribution in [2.24, 2.45) is 0 Å². The van der Waals surface area contributed by atoms with Crippen LogP contribution in [0.3, 0.4) is 0 Å². The molecule has 0 bridgehead atoms. The van der Waals surface area contributed by atoms with Gasteiger partial charge in [0.25, 0.3) is 0 Å². The van der Waals surface area contributed by atoms with E-state index in [-0.39, 0.29) is 18.6 Å². The number of carbonyl (C=O) groups is 1. The average molecular weight is 362 g/mol. The number of Topliss-reactive ketones (excluding diaryl/α,β-unsaturated/α-hetero) is 1. The summed E-state index contributed by atoms with van der Waals surface area (Å²) in [5, 5.41) is 0. The molecule has 0 saturated heterocycles. The molecule has 0 saturated carbocycles. The molecule has 0 aliphatic carbocycles. The van der Waals surface area contributed by atoms with E-state index in [2.05, 4.69) is 0 Å². The van der Waals surface area contributed by atoms with E-state index in [1.54, 1.807) is 19.1 Å². The highest BCUT2D eigenvalue weighted by molar-refractivity contribution is 7.53. The van der Waals surface area contributed by atoms with Gasteiger partial charge < -0.3 is 13.8 Å². The summed E-state index contributed by atoms with van der Waals surface area (Å²) in [5.41, 5.74) is 0.0820. The Morgan fingerprint density at radius 1 is 0.960 bits per heavy atom. The maximum atomic E-state index is 13.1. The molecule has 0 amide bonds. The summed E-state index contributed by atoms with van der Waals surface area (Å²) in [6.07, 6.45) is 0.0600. The van der Waals surface area contributed by atoms with Gasteiger partial charge in [0.1, 0.15) is 0 Å². The minimum atomic E-state index is -3.20. The molecule has 2 aromatic rings. The fraction of sp³-hybridized carbons (Fsp3) is 0.316. The van der Waals surface area contributed by atoms with Gasteiger partial charge in [0, 0.05) is 19.8 Å². The number of hydrogen-bond donors (Lipinski definition) is 0. The topological polar surface area (TPSA) is 61.8 Å². The SMILES string of the molecule is COP(=O)(CCOC(C)(C(=O)c1ccccc1)c1ccccc1)OC. The minimum Gasteiger partial charge on any atom is -0.362 e. The molecule has 0 fully saturated rings. The van der Waals surface area contributed by atoms with E-state index < -0.39 is 13.2 Å². The van der Waals surface area contributed by atoms with Crippen LogP contribution in [0.4, 0.5) is 0 Å². The zero-order valence-electron chi connectivity index (χ0n) is 14.7. The minimum absolute atomic E-state index is 0.0585. The lowest BCUT2D eigenvalue weighted by molar-refractivity contribution is -0.0130. The standard InChI is InChI=1S/C19H23O5P/c1-19(17-12-8-5-9-13-17,18(20)16-10-6-4-7-11-16)24-14-15-25(21,22-2)23-3/h4-13H,14-15H2,1-3H3. The second kappa shape index (κ2) is 8.54. The molecule has 0 aromatic heterocycles. The van der Waals surface area contributed by atoms with E-state index in [0.29, 0.717) is 5.56 Å². The maximum Gasteiger partial charge on any atom is 0.332 e. The highest BCUT2D eigenvalue weighted by Gasteiger charge is 2.37. The first-order chi connectivity index (χ1) is 11.9. The Bertz CT molecular complexity index is 724. The van der Waals surface area contributed by atoms with Gasteiger partial charge in [-0.25, -0.2) is 0 Å². The Morgan fingerprint density at radius 3 is 2.00 bits per heavy atom. The van der Waals surface area contributed by atoms with Gasteiger partial charge in [-0.05, 0) is 12.5 Å². The van der Waals surface area contributed by atoms with Crippen molar-refractivity contribution in [3.8, 4) is 0 Å². The lowest BCUT2D eigenvalue weighted by atomic mass is 9.87. The monoisotopic (exact) mass is 362 g/mol. The lowest BCUT2D eigenvalue weighted by Crippen LogP contribution is -2.36. The molecule has 2 rings (SSSR count). The van der Waals surface area contributed by atoms with Gasteiger partial charge in [-0.15, -0.1) is 0 Å². The van der Waals surface area contributed by atoms with Crippen LogP contribution in [0.25, 0.3) is 0 Å². The molecule has 5 nitrogen and oxygen atoms in total. The first-order valence-corrected chi connectivity index (χ1v) is 9.68. The second-order valence-corrected chi connectivity index (χ2v) is 8.04. The summed E-state index contributed by atoms with van der Waals surface area (Å²) in [5.74, 6) is -0.163. The quantitative estimate of drug-likeness (QED) is 0.492. The third-order valence-electron chi connectivity index (χ3n) is 4.11. The first kappa shape index (κ1) is 19.5. The summed E-state index contributed by atoms with van der Waals surface area (Å²) in [6.45, 7) is 1.78. The number of hydrogen-bond acceptors (Lipinski definition) is 5. The Balaban J connectivity index is 2.28. The molecule has 25 heavy (non-hydrogen) atoms. The Hall–Kier alpha value is -1.78. The van der Waals surface area contributed by atoms with Crippen LogP contribution in [0.5, 0.6) is 0 Å². The Morgan fingerprint density at radius 2 is 1.48 bits per heavy atom. The van der Waals surface area contributed by atoms with Crippen molar-refractivity contribution in [1.29, 1.82) is 0 Å². The predicted molar refractivity (Wildman–Crippen MR) is 97.0 cm³/mol. The van der Waals surface area contributed by atoms with Crippen molar-refractivity contribution < 1.29 is 23.1 Å². The number of rotatable bonds is 9. The van der Waals surface area contributed by atoms with Crippen molar-refractivity contribution in [1.82, 2.24) is 0 Å². The molecular formula is C19H23O5P. The van der Waals surface area contributed by atoms with Gasteiger partial charge in [-0.2, -0.15) is 0 Å². The second-order valence-electron chi connectivity index (χ2n) is 5.64. The first-order valence-electron chi connectivity index (χ1n) is 7.95. The van der Waals surface area contributed by atoms with Gasteiger partial charge in [0.05, 0.1) is 12.8 Å². The molecule has 1 unspecified atom stereocenters. The van der Waals surface area contributed by atoms with Gasteiger partial charge in [0.2, 0.25) is 0 Å². The molecule has 134 valence electrons. The van der Waals surface area contributed by atoms with Gasteiger partial charge in [-0.1, -0.05) is 60.7 Å². The average Bonchev–Trinajstić information content (AvgIpc) is 2.68. The molecule has 1 atom stereocenters. The highest BCUT2D eigenvalue weighted by Crippen LogP contribution is 2.46. The van der Waals surface area contributed by atoms with Crippen LogP contribution < -0.4 is 0 Å². The molecule has 0 N–H and O–H groups in total. The largest absolute Gasteiger partial charge is 0.362 e. The fourth-order valence-corrected chi connectivity index (χ4v) is 3.35. The van der Waals surface area contributed by atoms with E-state index in [9.17, 15) is 9.36 Å². The predicted octanol–water partition coefficient (Wildman–Crippen LogP) is 4.29. The summed E-state index contributed by atoms with van der Waals surface area (Å²) in [4.78, 5) is 13.1. The molecule has 0 heterocycles. The van der Waals surface area contributed by atoms with E-state index in [1.165, 1.54) is 14.2 Å². The van der Waals surface area contributed by atoms with Gasteiger partial charge in [-0.3, -0.25) is 9.36 Å². The summed E-state index contributed by atoms with van der Waals surface area (Å²) in [6, 6.07) is 18.2. The van der Waals surface area contributed by atoms with Crippen molar-refractivity contribution >= 4 is 13.4 Å². The van der Waals surface area contributed by atoms with E-state index in [0.717, 1.165) is 5.56 Å². The Kier molecular flexibility index (Phi) is 6.68. The number of benzene rings is 2. The molecular weight excluding hydrogens is 339 g/mol. The van der Waals surface area contributed by atoms with Gasteiger partial charge in [0.15, 0.2) is 11.4 Å². The van der Waals surface area contributed by atoms with Crippen LogP contribution in [0.15, 0.2) is 60.7 Å². The molecule has 0 aliphatic heterocycles. The molecule has 2 aromatic carbocycles. The van der Waals surface area contributed by atoms with Crippen LogP contribution in [-0.4, -0.2) is 32.8 Å². The summed E-state index contributed by atoms with van der Waals surface area (Å²) in [7, 11) is -0.539. The highest BCUT2D eigenvalue weighted by atomic mass is 31.2. The van der Waals surface area contributed by atoms with Crippen LogP contribution >= 0.6 is 7.60 Å². The number of carbonyl (C=O) groups excluding carboxylic acids is 1. The van der Waals surface area contributed by atoms with Gasteiger partial charge >= 0.3 is 7.60 Å². The van der Waals surface area contributed by atoms with Crippen LogP contribution in [0.2, 0.25) is 0 Å². The third kappa shape index (κ3) is 4.65. The van der Waals surface area contributed by atoms with Crippen molar-refractivity contribution in [2.45, 2.75) is 12.5 Å². The normalized spacial score (nSPS) is 14.0. The maximum absolute atomic E-state index is 13.1. The molecule has 0 spiro atoms. The molecule has 0 radical (unpaired) electrons. The summed E-state index contributed by atoms with van der Waals surface area (Å²) < 4.78 is 28.0. The zero-order chi connectivity index (χ0) is 18.3. The third-order valence-corrected chi connectivity index (χ3v) is 5.95. The number of ketones is 1. The molecule has 6 heteroatoms.